The van der Waals surface area contributed by atoms with Crippen LogP contribution in [0.2, 0.25) is 0 Å². The lowest BCUT2D eigenvalue weighted by Gasteiger charge is -2.12. The fourth-order valence-corrected chi connectivity index (χ4v) is 3.11. The van der Waals surface area contributed by atoms with Gasteiger partial charge in [0.15, 0.2) is 0 Å². The number of anilines is 1. The van der Waals surface area contributed by atoms with Crippen LogP contribution in [-0.2, 0) is 16.0 Å². The van der Waals surface area contributed by atoms with Crippen LogP contribution in [0.25, 0.3) is 5.57 Å². The molecule has 1 N–H and O–H groups in total. The van der Waals surface area contributed by atoms with E-state index < -0.39 is 0 Å². The largest absolute Gasteiger partial charge is 0.350 e. The number of likely N-dealkylation sites (N-methyl/N-ethyl adjacent to an activating group) is 1. The molecule has 2 aromatic carbocycles. The Morgan fingerprint density at radius 2 is 1.58 bits per heavy atom. The normalized spacial score (nSPS) is 14.4. The molecule has 3 rings (SSSR count). The molecule has 0 aromatic heterocycles. The standard InChI is InChI=1S/C22H24N2O2/c1-5-16-8-11-18(12-9-16)23-20-19(21(25)24(6-2)22(20)26)17-10-7-14(3)15(4)13-17/h7-13,23H,5-6H2,1-4H3. The van der Waals surface area contributed by atoms with Gasteiger partial charge in [0.2, 0.25) is 0 Å². The fourth-order valence-electron chi connectivity index (χ4n) is 3.11. The Bertz CT molecular complexity index is 895. The number of amides is 2. The summed E-state index contributed by atoms with van der Waals surface area (Å²) < 4.78 is 0. The molecule has 1 aliphatic heterocycles. The highest BCUT2D eigenvalue weighted by molar-refractivity contribution is 6.36. The van der Waals surface area contributed by atoms with Crippen molar-refractivity contribution in [3.8, 4) is 0 Å². The third-order valence-corrected chi connectivity index (χ3v) is 4.91. The van der Waals surface area contributed by atoms with Crippen LogP contribution in [0.1, 0.15) is 36.1 Å². The number of rotatable bonds is 5. The molecule has 4 heteroatoms. The number of carbonyl (C=O) groups is 2. The molecule has 1 aliphatic rings. The first-order valence-corrected chi connectivity index (χ1v) is 9.00. The molecule has 0 atom stereocenters. The van der Waals surface area contributed by atoms with Crippen molar-refractivity contribution in [1.29, 1.82) is 0 Å². The summed E-state index contributed by atoms with van der Waals surface area (Å²) in [5.41, 5.74) is 5.85. The minimum atomic E-state index is -0.273. The zero-order valence-corrected chi connectivity index (χ0v) is 15.7. The predicted molar refractivity (Wildman–Crippen MR) is 105 cm³/mol. The lowest BCUT2D eigenvalue weighted by atomic mass is 9.99. The summed E-state index contributed by atoms with van der Waals surface area (Å²) in [5, 5.41) is 3.19. The highest BCUT2D eigenvalue weighted by Gasteiger charge is 2.38. The maximum absolute atomic E-state index is 12.9. The molecule has 0 bridgehead atoms. The van der Waals surface area contributed by atoms with E-state index in [0.717, 1.165) is 28.8 Å². The molecular weight excluding hydrogens is 324 g/mol. The molecule has 0 saturated heterocycles. The highest BCUT2D eigenvalue weighted by Crippen LogP contribution is 2.31. The van der Waals surface area contributed by atoms with E-state index in [2.05, 4.69) is 12.2 Å². The van der Waals surface area contributed by atoms with Crippen molar-refractivity contribution in [2.75, 3.05) is 11.9 Å². The van der Waals surface area contributed by atoms with Crippen molar-refractivity contribution in [2.24, 2.45) is 0 Å². The van der Waals surface area contributed by atoms with Crippen LogP contribution >= 0.6 is 0 Å². The number of hydrogen-bond donors (Lipinski definition) is 1. The van der Waals surface area contributed by atoms with Gasteiger partial charge in [0, 0.05) is 12.2 Å². The Balaban J connectivity index is 2.07. The van der Waals surface area contributed by atoms with Gasteiger partial charge in [-0.15, -0.1) is 0 Å². The summed E-state index contributed by atoms with van der Waals surface area (Å²) in [4.78, 5) is 26.9. The Kier molecular flexibility index (Phi) is 4.94. The van der Waals surface area contributed by atoms with Crippen molar-refractivity contribution in [3.63, 3.8) is 0 Å². The maximum atomic E-state index is 12.9. The lowest BCUT2D eigenvalue weighted by Crippen LogP contribution is -2.32. The number of aryl methyl sites for hydroxylation is 3. The Morgan fingerprint density at radius 3 is 2.15 bits per heavy atom. The minimum Gasteiger partial charge on any atom is -0.350 e. The van der Waals surface area contributed by atoms with E-state index in [-0.39, 0.29) is 11.8 Å². The van der Waals surface area contributed by atoms with Gasteiger partial charge in [-0.05, 0) is 61.6 Å². The number of hydrogen-bond acceptors (Lipinski definition) is 3. The summed E-state index contributed by atoms with van der Waals surface area (Å²) in [7, 11) is 0. The Morgan fingerprint density at radius 1 is 0.885 bits per heavy atom. The van der Waals surface area contributed by atoms with Crippen LogP contribution in [0.3, 0.4) is 0 Å². The Hall–Kier alpha value is -2.88. The van der Waals surface area contributed by atoms with Crippen molar-refractivity contribution >= 4 is 23.1 Å². The van der Waals surface area contributed by atoms with Gasteiger partial charge in [0.1, 0.15) is 5.70 Å². The molecule has 26 heavy (non-hydrogen) atoms. The van der Waals surface area contributed by atoms with E-state index in [1.165, 1.54) is 10.5 Å². The smallest absolute Gasteiger partial charge is 0.278 e. The first kappa shape index (κ1) is 17.9. The van der Waals surface area contributed by atoms with Gasteiger partial charge in [-0.3, -0.25) is 14.5 Å². The zero-order chi connectivity index (χ0) is 18.8. The molecule has 0 fully saturated rings. The highest BCUT2D eigenvalue weighted by atomic mass is 16.2. The molecule has 2 aromatic rings. The second kappa shape index (κ2) is 7.16. The van der Waals surface area contributed by atoms with Crippen molar-refractivity contribution in [2.45, 2.75) is 34.1 Å². The molecule has 0 aliphatic carbocycles. The molecule has 134 valence electrons. The molecule has 0 spiro atoms. The number of nitrogens with zero attached hydrogens (tertiary/aromatic N) is 1. The molecule has 0 radical (unpaired) electrons. The van der Waals surface area contributed by atoms with Crippen LogP contribution in [0.4, 0.5) is 5.69 Å². The topological polar surface area (TPSA) is 49.4 Å². The van der Waals surface area contributed by atoms with Gasteiger partial charge < -0.3 is 5.32 Å². The molecule has 0 saturated carbocycles. The van der Waals surface area contributed by atoms with Crippen molar-refractivity contribution < 1.29 is 9.59 Å². The number of carbonyl (C=O) groups excluding carboxylic acids is 2. The summed E-state index contributed by atoms with van der Waals surface area (Å²) in [6, 6.07) is 13.8. The molecule has 0 unspecified atom stereocenters. The van der Waals surface area contributed by atoms with E-state index in [0.29, 0.717) is 17.8 Å². The van der Waals surface area contributed by atoms with Crippen LogP contribution in [0.15, 0.2) is 48.2 Å². The first-order chi connectivity index (χ1) is 12.5. The monoisotopic (exact) mass is 348 g/mol. The Labute approximate surface area is 154 Å². The average molecular weight is 348 g/mol. The number of nitrogens with one attached hydrogen (secondary N) is 1. The van der Waals surface area contributed by atoms with Gasteiger partial charge in [0.05, 0.1) is 5.57 Å². The third kappa shape index (κ3) is 3.15. The molecule has 1 heterocycles. The zero-order valence-electron chi connectivity index (χ0n) is 15.7. The molecule has 2 amide bonds. The predicted octanol–water partition coefficient (Wildman–Crippen LogP) is 4.08. The number of imide groups is 1. The fraction of sp³-hybridized carbons (Fsp3) is 0.273. The SMILES string of the molecule is CCc1ccc(NC2=C(c3ccc(C)c(C)c3)C(=O)N(CC)C2=O)cc1. The van der Waals surface area contributed by atoms with Gasteiger partial charge in [-0.2, -0.15) is 0 Å². The molecule has 4 nitrogen and oxygen atoms in total. The summed E-state index contributed by atoms with van der Waals surface area (Å²) in [5.74, 6) is -0.515. The quantitative estimate of drug-likeness (QED) is 0.829. The van der Waals surface area contributed by atoms with E-state index in [1.54, 1.807) is 0 Å². The maximum Gasteiger partial charge on any atom is 0.278 e. The van der Waals surface area contributed by atoms with Crippen LogP contribution in [-0.4, -0.2) is 23.3 Å². The van der Waals surface area contributed by atoms with Gasteiger partial charge in [-0.1, -0.05) is 37.3 Å². The van der Waals surface area contributed by atoms with Gasteiger partial charge >= 0.3 is 0 Å². The van der Waals surface area contributed by atoms with Gasteiger partial charge in [0.25, 0.3) is 11.8 Å². The van der Waals surface area contributed by atoms with E-state index in [4.69, 9.17) is 0 Å². The van der Waals surface area contributed by atoms with Crippen molar-refractivity contribution in [3.05, 3.63) is 70.4 Å². The second-order valence-corrected chi connectivity index (χ2v) is 6.58. The van der Waals surface area contributed by atoms with Crippen molar-refractivity contribution in [1.82, 2.24) is 4.90 Å². The van der Waals surface area contributed by atoms with E-state index in [1.807, 2.05) is 63.2 Å². The number of benzene rings is 2. The summed E-state index contributed by atoms with van der Waals surface area (Å²) >= 11 is 0. The van der Waals surface area contributed by atoms with Crippen LogP contribution in [0.5, 0.6) is 0 Å². The van der Waals surface area contributed by atoms with E-state index >= 15 is 0 Å². The third-order valence-electron chi connectivity index (χ3n) is 4.91. The minimum absolute atomic E-state index is 0.242. The lowest BCUT2D eigenvalue weighted by molar-refractivity contribution is -0.136. The first-order valence-electron chi connectivity index (χ1n) is 9.00. The summed E-state index contributed by atoms with van der Waals surface area (Å²) in [6.45, 7) is 8.30. The van der Waals surface area contributed by atoms with E-state index in [9.17, 15) is 9.59 Å². The van der Waals surface area contributed by atoms with Crippen LogP contribution in [0, 0.1) is 13.8 Å². The van der Waals surface area contributed by atoms with Crippen LogP contribution < -0.4 is 5.32 Å². The summed E-state index contributed by atoms with van der Waals surface area (Å²) in [6.07, 6.45) is 0.956. The second-order valence-electron chi connectivity index (χ2n) is 6.58. The average Bonchev–Trinajstić information content (AvgIpc) is 2.88. The molecular formula is C22H24N2O2. The van der Waals surface area contributed by atoms with Gasteiger partial charge in [-0.25, -0.2) is 0 Å².